The van der Waals surface area contributed by atoms with E-state index in [1.165, 1.54) is 0 Å². The van der Waals surface area contributed by atoms with Gasteiger partial charge >= 0.3 is 0 Å². The van der Waals surface area contributed by atoms with E-state index >= 15 is 0 Å². The van der Waals surface area contributed by atoms with E-state index in [9.17, 15) is 4.79 Å². The molecular weight excluding hydrogens is 228 g/mol. The van der Waals surface area contributed by atoms with Crippen LogP contribution in [0, 0.1) is 0 Å². The topological polar surface area (TPSA) is 49.6 Å². The molecule has 0 aliphatic carbocycles. The molecule has 0 unspecified atom stereocenters. The van der Waals surface area contributed by atoms with Crippen LogP contribution >= 0.6 is 0 Å². The molecule has 94 valence electrons. The first-order chi connectivity index (χ1) is 8.74. The molecule has 2 aromatic heterocycles. The van der Waals surface area contributed by atoms with E-state index in [2.05, 4.69) is 17.2 Å². The number of carbonyl (C=O) groups is 1. The fraction of sp³-hybridized carbons (Fsp3) is 0.385. The number of amides is 1. The lowest BCUT2D eigenvalue weighted by Crippen LogP contribution is -2.51. The molecule has 1 N–H and O–H groups in total. The van der Waals surface area contributed by atoms with Gasteiger partial charge in [0.15, 0.2) is 0 Å². The van der Waals surface area contributed by atoms with E-state index in [1.807, 2.05) is 33.8 Å². The molecule has 2 aromatic rings. The monoisotopic (exact) mass is 244 g/mol. The van der Waals surface area contributed by atoms with E-state index < -0.39 is 0 Å². The van der Waals surface area contributed by atoms with Crippen molar-refractivity contribution in [3.63, 3.8) is 0 Å². The molecule has 1 saturated heterocycles. The van der Waals surface area contributed by atoms with E-state index in [1.54, 1.807) is 6.20 Å². The minimum absolute atomic E-state index is 0.0963. The van der Waals surface area contributed by atoms with Crippen LogP contribution in [0.15, 0.2) is 30.7 Å². The molecule has 1 fully saturated rings. The Hall–Kier alpha value is -1.88. The smallest absolute Gasteiger partial charge is 0.255 e. The van der Waals surface area contributed by atoms with Crippen LogP contribution in [-0.4, -0.2) is 45.9 Å². The van der Waals surface area contributed by atoms with Gasteiger partial charge < -0.3 is 14.6 Å². The van der Waals surface area contributed by atoms with Crippen LogP contribution in [0.5, 0.6) is 0 Å². The van der Waals surface area contributed by atoms with E-state index in [0.29, 0.717) is 6.04 Å². The van der Waals surface area contributed by atoms with Crippen LogP contribution in [0.3, 0.4) is 0 Å². The summed E-state index contributed by atoms with van der Waals surface area (Å²) < 4.78 is 1.87. The maximum absolute atomic E-state index is 12.4. The lowest BCUT2D eigenvalue weighted by Gasteiger charge is -2.31. The molecular formula is C13H16N4O. The zero-order chi connectivity index (χ0) is 12.5. The highest BCUT2D eigenvalue weighted by atomic mass is 16.2. The number of pyridine rings is 1. The van der Waals surface area contributed by atoms with Crippen molar-refractivity contribution >= 4 is 11.6 Å². The molecule has 1 atom stereocenters. The molecule has 3 heterocycles. The molecule has 3 rings (SSSR count). The van der Waals surface area contributed by atoms with Gasteiger partial charge in [0, 0.05) is 44.3 Å². The van der Waals surface area contributed by atoms with E-state index in [4.69, 9.17) is 0 Å². The summed E-state index contributed by atoms with van der Waals surface area (Å²) in [4.78, 5) is 18.4. The third-order valence-electron chi connectivity index (χ3n) is 3.29. The molecule has 18 heavy (non-hydrogen) atoms. The normalized spacial score (nSPS) is 20.3. The van der Waals surface area contributed by atoms with Gasteiger partial charge in [-0.3, -0.25) is 4.79 Å². The second-order valence-electron chi connectivity index (χ2n) is 4.72. The second-order valence-corrected chi connectivity index (χ2v) is 4.72. The SMILES string of the molecule is C[C@H]1CN(C(=O)c2ccc3nccn3c2)CCN1. The van der Waals surface area contributed by atoms with Crippen molar-refractivity contribution in [1.82, 2.24) is 19.6 Å². The van der Waals surface area contributed by atoms with Crippen LogP contribution in [0.4, 0.5) is 0 Å². The number of rotatable bonds is 1. The number of carbonyl (C=O) groups excluding carboxylic acids is 1. The van der Waals surface area contributed by atoms with Crippen LogP contribution in [0.2, 0.25) is 0 Å². The Morgan fingerprint density at radius 1 is 1.50 bits per heavy atom. The van der Waals surface area contributed by atoms with Crippen molar-refractivity contribution in [3.8, 4) is 0 Å². The average Bonchev–Trinajstić information content (AvgIpc) is 2.85. The number of nitrogens with one attached hydrogen (secondary N) is 1. The molecule has 0 spiro atoms. The highest BCUT2D eigenvalue weighted by Gasteiger charge is 2.21. The van der Waals surface area contributed by atoms with Crippen molar-refractivity contribution in [2.75, 3.05) is 19.6 Å². The lowest BCUT2D eigenvalue weighted by atomic mass is 10.2. The van der Waals surface area contributed by atoms with Crippen LogP contribution in [0.1, 0.15) is 17.3 Å². The number of hydrogen-bond donors (Lipinski definition) is 1. The van der Waals surface area contributed by atoms with Gasteiger partial charge in [0.2, 0.25) is 0 Å². The van der Waals surface area contributed by atoms with Crippen LogP contribution in [-0.2, 0) is 0 Å². The number of nitrogens with zero attached hydrogens (tertiary/aromatic N) is 3. The predicted octanol–water partition coefficient (Wildman–Crippen LogP) is 0.768. The number of hydrogen-bond acceptors (Lipinski definition) is 3. The lowest BCUT2D eigenvalue weighted by molar-refractivity contribution is 0.0708. The molecule has 5 heteroatoms. The van der Waals surface area contributed by atoms with Gasteiger partial charge in [0.05, 0.1) is 5.56 Å². The van der Waals surface area contributed by atoms with E-state index in [-0.39, 0.29) is 5.91 Å². The predicted molar refractivity (Wildman–Crippen MR) is 68.6 cm³/mol. The highest BCUT2D eigenvalue weighted by Crippen LogP contribution is 2.10. The minimum Gasteiger partial charge on any atom is -0.336 e. The van der Waals surface area contributed by atoms with Crippen LogP contribution < -0.4 is 5.32 Å². The molecule has 5 nitrogen and oxygen atoms in total. The van der Waals surface area contributed by atoms with Crippen molar-refractivity contribution in [2.24, 2.45) is 0 Å². The minimum atomic E-state index is 0.0963. The Bertz CT molecular complexity index is 577. The molecule has 0 radical (unpaired) electrons. The van der Waals surface area contributed by atoms with Crippen molar-refractivity contribution in [2.45, 2.75) is 13.0 Å². The van der Waals surface area contributed by atoms with E-state index in [0.717, 1.165) is 30.8 Å². The van der Waals surface area contributed by atoms with Crippen LogP contribution in [0.25, 0.3) is 5.65 Å². The fourth-order valence-corrected chi connectivity index (χ4v) is 2.35. The molecule has 1 aliphatic heterocycles. The molecule has 0 aromatic carbocycles. The maximum atomic E-state index is 12.4. The van der Waals surface area contributed by atoms with Crippen molar-refractivity contribution < 1.29 is 4.79 Å². The van der Waals surface area contributed by atoms with Crippen molar-refractivity contribution in [3.05, 3.63) is 36.3 Å². The molecule has 1 aliphatic rings. The van der Waals surface area contributed by atoms with Gasteiger partial charge in [-0.25, -0.2) is 4.98 Å². The Morgan fingerprint density at radius 3 is 3.22 bits per heavy atom. The average molecular weight is 244 g/mol. The summed E-state index contributed by atoms with van der Waals surface area (Å²) in [5.74, 6) is 0.0963. The van der Waals surface area contributed by atoms with Gasteiger partial charge in [-0.05, 0) is 19.1 Å². The largest absolute Gasteiger partial charge is 0.336 e. The summed E-state index contributed by atoms with van der Waals surface area (Å²) >= 11 is 0. The quantitative estimate of drug-likeness (QED) is 0.806. The summed E-state index contributed by atoms with van der Waals surface area (Å²) in [6, 6.07) is 4.08. The molecule has 0 saturated carbocycles. The second kappa shape index (κ2) is 4.42. The number of aromatic nitrogens is 2. The number of imidazole rings is 1. The Balaban J connectivity index is 1.86. The number of piperazine rings is 1. The summed E-state index contributed by atoms with van der Waals surface area (Å²) in [5.41, 5.74) is 1.58. The number of fused-ring (bicyclic) bond motifs is 1. The zero-order valence-electron chi connectivity index (χ0n) is 10.3. The van der Waals surface area contributed by atoms with Gasteiger partial charge in [-0.15, -0.1) is 0 Å². The Labute approximate surface area is 105 Å². The standard InChI is InChI=1S/C13H16N4O/c1-10-8-17(7-4-14-10)13(18)11-2-3-12-15-5-6-16(12)9-11/h2-3,5-6,9-10,14H,4,7-8H2,1H3/t10-/m0/s1. The summed E-state index contributed by atoms with van der Waals surface area (Å²) in [7, 11) is 0. The van der Waals surface area contributed by atoms with Gasteiger partial charge in [-0.1, -0.05) is 0 Å². The summed E-state index contributed by atoms with van der Waals surface area (Å²) in [5, 5.41) is 3.33. The summed E-state index contributed by atoms with van der Waals surface area (Å²) in [6.07, 6.45) is 5.43. The molecule has 1 amide bonds. The third-order valence-corrected chi connectivity index (χ3v) is 3.29. The van der Waals surface area contributed by atoms with Gasteiger partial charge in [-0.2, -0.15) is 0 Å². The molecule has 0 bridgehead atoms. The summed E-state index contributed by atoms with van der Waals surface area (Å²) in [6.45, 7) is 4.49. The third kappa shape index (κ3) is 1.97. The zero-order valence-corrected chi connectivity index (χ0v) is 10.3. The van der Waals surface area contributed by atoms with Crippen molar-refractivity contribution in [1.29, 1.82) is 0 Å². The Morgan fingerprint density at radius 2 is 2.39 bits per heavy atom. The Kier molecular flexibility index (Phi) is 2.76. The first kappa shape index (κ1) is 11.2. The van der Waals surface area contributed by atoms with Gasteiger partial charge in [0.1, 0.15) is 5.65 Å². The van der Waals surface area contributed by atoms with Gasteiger partial charge in [0.25, 0.3) is 5.91 Å². The maximum Gasteiger partial charge on any atom is 0.255 e. The first-order valence-corrected chi connectivity index (χ1v) is 6.19. The first-order valence-electron chi connectivity index (χ1n) is 6.19. The fourth-order valence-electron chi connectivity index (χ4n) is 2.35. The highest BCUT2D eigenvalue weighted by molar-refractivity contribution is 5.94.